The zero-order chi connectivity index (χ0) is 19.6. The highest BCUT2D eigenvalue weighted by molar-refractivity contribution is 7.12. The predicted molar refractivity (Wildman–Crippen MR) is 108 cm³/mol. The Morgan fingerprint density at radius 1 is 1.15 bits per heavy atom. The summed E-state index contributed by atoms with van der Waals surface area (Å²) in [5.74, 6) is -1.21. The topological polar surface area (TPSA) is 75.7 Å². The maximum absolute atomic E-state index is 12.6. The number of likely N-dealkylation sites (N-methyl/N-ethyl adjacent to an activating group) is 2. The van der Waals surface area contributed by atoms with Gasteiger partial charge in [-0.2, -0.15) is 0 Å². The van der Waals surface area contributed by atoms with Gasteiger partial charge in [0.05, 0.1) is 12.1 Å². The number of nitrogens with one attached hydrogen (secondary N) is 1. The Kier molecular flexibility index (Phi) is 8.22. The fraction of sp³-hybridized carbons (Fsp3) is 0.316. The molecule has 2 aromatic heterocycles. The predicted octanol–water partition coefficient (Wildman–Crippen LogP) is 2.88. The molecule has 0 spiro atoms. The molecule has 1 N–H and O–H groups in total. The molecular weight excluding hydrogens is 384 g/mol. The first kappa shape index (κ1) is 20.9. The quantitative estimate of drug-likeness (QED) is 0.513. The van der Waals surface area contributed by atoms with Crippen LogP contribution < -0.4 is 5.32 Å². The minimum Gasteiger partial charge on any atom is -0.452 e. The van der Waals surface area contributed by atoms with Crippen molar-refractivity contribution >= 4 is 52.1 Å². The molecule has 6 nitrogen and oxygen atoms in total. The smallest absolute Gasteiger partial charge is 0.340 e. The average molecular weight is 407 g/mol. The summed E-state index contributed by atoms with van der Waals surface area (Å²) < 4.78 is 5.24. The van der Waals surface area contributed by atoms with E-state index in [2.05, 4.69) is 5.32 Å². The van der Waals surface area contributed by atoms with Gasteiger partial charge in [-0.25, -0.2) is 4.79 Å². The molecule has 0 atom stereocenters. The van der Waals surface area contributed by atoms with Crippen LogP contribution in [0.4, 0.5) is 0 Å². The van der Waals surface area contributed by atoms with E-state index >= 15 is 0 Å². The number of carbonyl (C=O) groups excluding carboxylic acids is 3. The first-order chi connectivity index (χ1) is 13.0. The molecule has 0 saturated carbocycles. The first-order valence-corrected chi connectivity index (χ1v) is 10.3. The second-order valence-corrected chi connectivity index (χ2v) is 7.42. The van der Waals surface area contributed by atoms with Gasteiger partial charge in [-0.15, -0.1) is 22.7 Å². The molecular formula is C19H22N2O4S2. The van der Waals surface area contributed by atoms with Crippen LogP contribution in [0.25, 0.3) is 11.6 Å². The van der Waals surface area contributed by atoms with Crippen molar-refractivity contribution in [2.45, 2.75) is 13.8 Å². The van der Waals surface area contributed by atoms with Crippen LogP contribution >= 0.6 is 22.7 Å². The third-order valence-corrected chi connectivity index (χ3v) is 5.33. The molecule has 0 unspecified atom stereocenters. The largest absolute Gasteiger partial charge is 0.452 e. The van der Waals surface area contributed by atoms with Gasteiger partial charge in [-0.3, -0.25) is 9.59 Å². The summed E-state index contributed by atoms with van der Waals surface area (Å²) >= 11 is 2.94. The summed E-state index contributed by atoms with van der Waals surface area (Å²) in [4.78, 5) is 39.6. The summed E-state index contributed by atoms with van der Waals surface area (Å²) in [6, 6.07) is 7.49. The van der Waals surface area contributed by atoms with Crippen LogP contribution in [0, 0.1) is 0 Å². The Bertz CT molecular complexity index is 783. The van der Waals surface area contributed by atoms with E-state index in [-0.39, 0.29) is 12.5 Å². The summed E-state index contributed by atoms with van der Waals surface area (Å²) in [5, 5.41) is 6.44. The van der Waals surface area contributed by atoms with Crippen molar-refractivity contribution in [3.8, 4) is 0 Å². The van der Waals surface area contributed by atoms with Crippen molar-refractivity contribution in [1.29, 1.82) is 0 Å². The number of rotatable bonds is 9. The number of esters is 1. The zero-order valence-corrected chi connectivity index (χ0v) is 16.9. The van der Waals surface area contributed by atoms with Crippen molar-refractivity contribution in [3.05, 3.63) is 44.8 Å². The third kappa shape index (κ3) is 6.33. The van der Waals surface area contributed by atoms with Gasteiger partial charge in [0.1, 0.15) is 0 Å². The van der Waals surface area contributed by atoms with Crippen molar-refractivity contribution in [2.75, 3.05) is 26.2 Å². The lowest BCUT2D eigenvalue weighted by Gasteiger charge is -2.20. The number of nitrogens with zero attached hydrogens (tertiary/aromatic N) is 1. The van der Waals surface area contributed by atoms with Crippen molar-refractivity contribution < 1.29 is 19.1 Å². The highest BCUT2D eigenvalue weighted by atomic mass is 32.1. The molecule has 2 rings (SSSR count). The van der Waals surface area contributed by atoms with E-state index in [0.717, 1.165) is 9.75 Å². The molecule has 0 aliphatic heterocycles. The average Bonchev–Trinajstić information content (AvgIpc) is 3.35. The molecule has 0 aliphatic carbocycles. The van der Waals surface area contributed by atoms with Gasteiger partial charge in [0.2, 0.25) is 5.91 Å². The molecule has 144 valence electrons. The lowest BCUT2D eigenvalue weighted by molar-refractivity contribution is -0.148. The molecule has 0 fully saturated rings. The number of hydrogen-bond donors (Lipinski definition) is 1. The molecule has 8 heteroatoms. The second-order valence-electron chi connectivity index (χ2n) is 5.49. The van der Waals surface area contributed by atoms with Crippen molar-refractivity contribution in [2.24, 2.45) is 0 Å². The van der Waals surface area contributed by atoms with Crippen LogP contribution in [0.2, 0.25) is 0 Å². The minimum atomic E-state index is -0.562. The maximum Gasteiger partial charge on any atom is 0.340 e. The lowest BCUT2D eigenvalue weighted by atomic mass is 10.2. The third-order valence-electron chi connectivity index (χ3n) is 3.61. The minimum absolute atomic E-state index is 0.0520. The molecule has 0 saturated heterocycles. The standard InChI is InChI=1S/C19H22N2O4S2/c1-3-20-17(22)12-21(4-2)18(23)13-25-19(24)15(16-8-6-10-27-16)11-14-7-5-9-26-14/h5-11H,3-4,12-13H2,1-2H3,(H,20,22)/b15-11+. The van der Waals surface area contributed by atoms with Crippen molar-refractivity contribution in [1.82, 2.24) is 10.2 Å². The van der Waals surface area contributed by atoms with E-state index in [0.29, 0.717) is 18.7 Å². The Hall–Kier alpha value is -2.45. The Morgan fingerprint density at radius 3 is 2.48 bits per heavy atom. The van der Waals surface area contributed by atoms with Crippen LogP contribution in [0.1, 0.15) is 23.6 Å². The van der Waals surface area contributed by atoms with Gasteiger partial charge in [-0.05, 0) is 42.8 Å². The van der Waals surface area contributed by atoms with Gasteiger partial charge in [-0.1, -0.05) is 12.1 Å². The second kappa shape index (κ2) is 10.6. The normalized spacial score (nSPS) is 11.1. The molecule has 27 heavy (non-hydrogen) atoms. The summed E-state index contributed by atoms with van der Waals surface area (Å²) in [6.07, 6.45) is 1.76. The van der Waals surface area contributed by atoms with E-state index in [4.69, 9.17) is 4.74 Å². The van der Waals surface area contributed by atoms with Crippen LogP contribution in [0.5, 0.6) is 0 Å². The molecule has 2 amide bonds. The lowest BCUT2D eigenvalue weighted by Crippen LogP contribution is -2.42. The van der Waals surface area contributed by atoms with Gasteiger partial charge in [0.25, 0.3) is 5.91 Å². The van der Waals surface area contributed by atoms with Gasteiger partial charge < -0.3 is 15.0 Å². The highest BCUT2D eigenvalue weighted by Gasteiger charge is 2.20. The maximum atomic E-state index is 12.6. The Morgan fingerprint density at radius 2 is 1.89 bits per heavy atom. The summed E-state index contributed by atoms with van der Waals surface area (Å²) in [7, 11) is 0. The van der Waals surface area contributed by atoms with Crippen LogP contribution in [-0.2, 0) is 19.1 Å². The van der Waals surface area contributed by atoms with Crippen LogP contribution in [-0.4, -0.2) is 48.9 Å². The fourth-order valence-corrected chi connectivity index (χ4v) is 3.66. The van der Waals surface area contributed by atoms with Gasteiger partial charge in [0.15, 0.2) is 6.61 Å². The fourth-order valence-electron chi connectivity index (χ4n) is 2.28. The number of thiophene rings is 2. The highest BCUT2D eigenvalue weighted by Crippen LogP contribution is 2.25. The summed E-state index contributed by atoms with van der Waals surface area (Å²) in [5.41, 5.74) is 0.409. The van der Waals surface area contributed by atoms with E-state index in [1.807, 2.05) is 41.9 Å². The zero-order valence-electron chi connectivity index (χ0n) is 15.3. The number of amides is 2. The SMILES string of the molecule is CCNC(=O)CN(CC)C(=O)COC(=O)/C(=C/c1cccs1)c1cccs1. The number of hydrogen-bond acceptors (Lipinski definition) is 6. The molecule has 0 aromatic carbocycles. The Labute approximate surface area is 166 Å². The molecule has 0 radical (unpaired) electrons. The number of ether oxygens (including phenoxy) is 1. The first-order valence-electron chi connectivity index (χ1n) is 8.55. The molecule has 0 bridgehead atoms. The number of carbonyl (C=O) groups is 3. The van der Waals surface area contributed by atoms with Crippen LogP contribution in [0.3, 0.4) is 0 Å². The molecule has 0 aliphatic rings. The molecule has 2 heterocycles. The molecule has 2 aromatic rings. The van der Waals surface area contributed by atoms with Gasteiger partial charge >= 0.3 is 5.97 Å². The van der Waals surface area contributed by atoms with Gasteiger partial charge in [0, 0.05) is 22.8 Å². The monoisotopic (exact) mass is 406 g/mol. The Balaban J connectivity index is 2.03. The van der Waals surface area contributed by atoms with E-state index < -0.39 is 18.5 Å². The van der Waals surface area contributed by atoms with Crippen molar-refractivity contribution in [3.63, 3.8) is 0 Å². The summed E-state index contributed by atoms with van der Waals surface area (Å²) in [6.45, 7) is 3.98. The van der Waals surface area contributed by atoms with E-state index in [1.165, 1.54) is 27.6 Å². The van der Waals surface area contributed by atoms with E-state index in [1.54, 1.807) is 13.0 Å². The van der Waals surface area contributed by atoms with Crippen LogP contribution in [0.15, 0.2) is 35.0 Å². The van der Waals surface area contributed by atoms with E-state index in [9.17, 15) is 14.4 Å².